The van der Waals surface area contributed by atoms with Gasteiger partial charge in [-0.1, -0.05) is 0 Å². The molecule has 11 heteroatoms. The molecular weight excluding hydrogens is 276 g/mol. The van der Waals surface area contributed by atoms with Gasteiger partial charge in [-0.15, -0.1) is 0 Å². The monoisotopic (exact) mass is 290 g/mol. The van der Waals surface area contributed by atoms with Gasteiger partial charge >= 0.3 is 7.82 Å². The summed E-state index contributed by atoms with van der Waals surface area (Å²) in [6.45, 7) is 0.336. The Hall–Kier alpha value is -0.110. The third kappa shape index (κ3) is 10.7. The Morgan fingerprint density at radius 3 is 2.41 bits per heavy atom. The molecule has 102 valence electrons. The molecule has 0 amide bonds. The van der Waals surface area contributed by atoms with Crippen molar-refractivity contribution in [2.24, 2.45) is 0 Å². The van der Waals surface area contributed by atoms with E-state index in [0.717, 1.165) is 6.29 Å². The SMILES string of the molecule is CN(CCC=O)CCOP(=O)(O)OP(=O)([O-])O. The van der Waals surface area contributed by atoms with Crippen LogP contribution in [0.5, 0.6) is 0 Å². The number of hydrogen-bond acceptors (Lipinski definition) is 7. The van der Waals surface area contributed by atoms with Crippen LogP contribution in [0.3, 0.4) is 0 Å². The molecule has 0 aromatic heterocycles. The molecule has 0 spiro atoms. The smallest absolute Gasteiger partial charge is 0.478 e. The van der Waals surface area contributed by atoms with E-state index in [1.807, 2.05) is 0 Å². The highest BCUT2D eigenvalue weighted by Gasteiger charge is 2.26. The fraction of sp³-hybridized carbons (Fsp3) is 0.833. The zero-order valence-electron chi connectivity index (χ0n) is 9.09. The van der Waals surface area contributed by atoms with Crippen LogP contribution in [0.15, 0.2) is 0 Å². The lowest BCUT2D eigenvalue weighted by molar-refractivity contribution is -0.212. The Morgan fingerprint density at radius 1 is 1.35 bits per heavy atom. The molecule has 0 aliphatic rings. The van der Waals surface area contributed by atoms with Crippen molar-refractivity contribution < 1.29 is 37.4 Å². The van der Waals surface area contributed by atoms with E-state index in [0.29, 0.717) is 13.0 Å². The number of aldehydes is 1. The van der Waals surface area contributed by atoms with E-state index in [2.05, 4.69) is 8.83 Å². The molecular formula is C6H14NO8P2-. The van der Waals surface area contributed by atoms with E-state index < -0.39 is 15.6 Å². The summed E-state index contributed by atoms with van der Waals surface area (Å²) in [5.74, 6) is 0. The zero-order chi connectivity index (χ0) is 13.5. The van der Waals surface area contributed by atoms with Crippen LogP contribution in [0.4, 0.5) is 0 Å². The second kappa shape index (κ2) is 7.35. The minimum atomic E-state index is -5.32. The maximum Gasteiger partial charge on any atom is 0.478 e. The predicted octanol–water partition coefficient (Wildman–Crippen LogP) is -0.899. The van der Waals surface area contributed by atoms with Gasteiger partial charge in [0.05, 0.1) is 6.61 Å². The summed E-state index contributed by atoms with van der Waals surface area (Å²) >= 11 is 0. The molecule has 2 atom stereocenters. The number of carbonyl (C=O) groups excluding carboxylic acids is 1. The van der Waals surface area contributed by atoms with Crippen LogP contribution in [-0.2, 0) is 22.8 Å². The van der Waals surface area contributed by atoms with Gasteiger partial charge in [0.25, 0.3) is 7.82 Å². The highest BCUT2D eigenvalue weighted by atomic mass is 31.3. The molecule has 0 radical (unpaired) electrons. The van der Waals surface area contributed by atoms with Crippen LogP contribution in [-0.4, -0.2) is 47.7 Å². The van der Waals surface area contributed by atoms with E-state index in [4.69, 9.17) is 9.79 Å². The minimum Gasteiger partial charge on any atom is -0.756 e. The number of phosphoric acid groups is 2. The van der Waals surface area contributed by atoms with Crippen LogP contribution in [0, 0.1) is 0 Å². The lowest BCUT2D eigenvalue weighted by Crippen LogP contribution is -2.24. The van der Waals surface area contributed by atoms with Gasteiger partial charge in [-0.3, -0.25) is 9.09 Å². The maximum absolute atomic E-state index is 10.9. The van der Waals surface area contributed by atoms with Crippen LogP contribution >= 0.6 is 15.6 Å². The van der Waals surface area contributed by atoms with Crippen molar-refractivity contribution in [3.8, 4) is 0 Å². The number of likely N-dealkylation sites (N-methyl/N-ethyl adjacent to an activating group) is 1. The Labute approximate surface area is 98.2 Å². The number of phosphoric ester groups is 1. The molecule has 2 N–H and O–H groups in total. The number of rotatable bonds is 9. The molecule has 2 unspecified atom stereocenters. The molecule has 0 aliphatic carbocycles. The maximum atomic E-state index is 10.9. The van der Waals surface area contributed by atoms with Crippen molar-refractivity contribution in [2.75, 3.05) is 26.7 Å². The molecule has 0 heterocycles. The molecule has 9 nitrogen and oxygen atoms in total. The quantitative estimate of drug-likeness (QED) is 0.408. The van der Waals surface area contributed by atoms with Crippen LogP contribution in [0.1, 0.15) is 6.42 Å². The first-order valence-electron chi connectivity index (χ1n) is 4.51. The molecule has 0 aromatic rings. The summed E-state index contributed by atoms with van der Waals surface area (Å²) in [6, 6.07) is 0. The summed E-state index contributed by atoms with van der Waals surface area (Å²) < 4.78 is 28.9. The van der Waals surface area contributed by atoms with Crippen molar-refractivity contribution in [1.29, 1.82) is 0 Å². The largest absolute Gasteiger partial charge is 0.756 e. The van der Waals surface area contributed by atoms with E-state index in [9.17, 15) is 18.8 Å². The molecule has 0 rings (SSSR count). The first kappa shape index (κ1) is 16.9. The number of hydrogen-bond donors (Lipinski definition) is 2. The third-order valence-corrected chi connectivity index (χ3v) is 3.72. The van der Waals surface area contributed by atoms with E-state index in [1.54, 1.807) is 11.9 Å². The van der Waals surface area contributed by atoms with Crippen molar-refractivity contribution in [2.45, 2.75) is 6.42 Å². The second-order valence-corrected chi connectivity index (χ2v) is 5.90. The molecule has 0 aliphatic heterocycles. The van der Waals surface area contributed by atoms with Crippen molar-refractivity contribution in [3.63, 3.8) is 0 Å². The summed E-state index contributed by atoms with van der Waals surface area (Å²) in [7, 11) is -8.50. The Kier molecular flexibility index (Phi) is 7.30. The molecule has 0 saturated carbocycles. The summed E-state index contributed by atoms with van der Waals surface area (Å²) in [5.41, 5.74) is 0. The third-order valence-electron chi connectivity index (χ3n) is 1.56. The fourth-order valence-corrected chi connectivity index (χ4v) is 2.39. The molecule has 0 bridgehead atoms. The van der Waals surface area contributed by atoms with Crippen LogP contribution in [0.2, 0.25) is 0 Å². The molecule has 17 heavy (non-hydrogen) atoms. The van der Waals surface area contributed by atoms with Gasteiger partial charge in [0.2, 0.25) is 0 Å². The first-order valence-corrected chi connectivity index (χ1v) is 7.50. The van der Waals surface area contributed by atoms with Gasteiger partial charge in [-0.25, -0.2) is 8.88 Å². The molecule has 0 aromatic carbocycles. The topological polar surface area (TPSA) is 136 Å². The standard InChI is InChI=1S/C6H15NO8P2/c1-7(3-2-5-8)4-6-14-17(12,13)15-16(9,10)11/h5H,2-4,6H2,1H3,(H,12,13)(H2,9,10,11)/p-1. The van der Waals surface area contributed by atoms with Gasteiger partial charge in [-0.2, -0.15) is 0 Å². The van der Waals surface area contributed by atoms with Crippen LogP contribution in [0.25, 0.3) is 0 Å². The van der Waals surface area contributed by atoms with Crippen molar-refractivity contribution in [3.05, 3.63) is 0 Å². The first-order chi connectivity index (χ1) is 7.66. The van der Waals surface area contributed by atoms with Gasteiger partial charge in [0, 0.05) is 19.5 Å². The predicted molar refractivity (Wildman–Crippen MR) is 54.9 cm³/mol. The average Bonchev–Trinajstić information content (AvgIpc) is 2.10. The minimum absolute atomic E-state index is 0.191. The second-order valence-electron chi connectivity index (χ2n) is 3.11. The Bertz CT molecular complexity index is 328. The van der Waals surface area contributed by atoms with Gasteiger partial charge < -0.3 is 24.4 Å². The summed E-state index contributed by atoms with van der Waals surface area (Å²) in [4.78, 5) is 38.9. The Balaban J connectivity index is 3.91. The van der Waals surface area contributed by atoms with E-state index in [-0.39, 0.29) is 13.2 Å². The highest BCUT2D eigenvalue weighted by Crippen LogP contribution is 2.55. The summed E-state index contributed by atoms with van der Waals surface area (Å²) in [6.07, 6.45) is 1.02. The molecule has 0 fully saturated rings. The number of nitrogens with zero attached hydrogens (tertiary/aromatic N) is 1. The lowest BCUT2D eigenvalue weighted by Gasteiger charge is -2.20. The normalized spacial score (nSPS) is 18.6. The number of carbonyl (C=O) groups is 1. The Morgan fingerprint density at radius 2 is 1.94 bits per heavy atom. The summed E-state index contributed by atoms with van der Waals surface area (Å²) in [5, 5.41) is 0. The zero-order valence-corrected chi connectivity index (χ0v) is 10.9. The highest BCUT2D eigenvalue weighted by molar-refractivity contribution is 7.60. The van der Waals surface area contributed by atoms with Crippen molar-refractivity contribution in [1.82, 2.24) is 4.90 Å². The lowest BCUT2D eigenvalue weighted by atomic mass is 10.4. The fourth-order valence-electron chi connectivity index (χ4n) is 0.851. The van der Waals surface area contributed by atoms with E-state index >= 15 is 0 Å². The van der Waals surface area contributed by atoms with Crippen LogP contribution < -0.4 is 4.89 Å². The average molecular weight is 290 g/mol. The van der Waals surface area contributed by atoms with Gasteiger partial charge in [0.15, 0.2) is 0 Å². The van der Waals surface area contributed by atoms with E-state index in [1.165, 1.54) is 0 Å². The molecule has 0 saturated heterocycles. The van der Waals surface area contributed by atoms with Crippen molar-refractivity contribution >= 4 is 21.9 Å². The van der Waals surface area contributed by atoms with Gasteiger partial charge in [0.1, 0.15) is 6.29 Å². The van der Waals surface area contributed by atoms with Gasteiger partial charge in [-0.05, 0) is 7.05 Å².